The van der Waals surface area contributed by atoms with Crippen molar-refractivity contribution in [1.82, 2.24) is 9.80 Å². The van der Waals surface area contributed by atoms with Gasteiger partial charge in [-0.3, -0.25) is 9.59 Å². The highest BCUT2D eigenvalue weighted by Crippen LogP contribution is 2.11. The van der Waals surface area contributed by atoms with Crippen molar-refractivity contribution in [3.63, 3.8) is 0 Å². The fourth-order valence-electron chi connectivity index (χ4n) is 2.23. The molecule has 1 saturated heterocycles. The van der Waals surface area contributed by atoms with Crippen molar-refractivity contribution in [2.75, 3.05) is 32.8 Å². The van der Waals surface area contributed by atoms with E-state index in [1.807, 2.05) is 0 Å². The fraction of sp³-hybridized carbons (Fsp3) is 0.467. The van der Waals surface area contributed by atoms with Crippen LogP contribution in [0, 0.1) is 5.82 Å². The van der Waals surface area contributed by atoms with Gasteiger partial charge in [-0.1, -0.05) is 0 Å². The van der Waals surface area contributed by atoms with Gasteiger partial charge < -0.3 is 20.3 Å². The third-order valence-corrected chi connectivity index (χ3v) is 3.51. The molecule has 6 nitrogen and oxygen atoms in total. The van der Waals surface area contributed by atoms with Crippen LogP contribution >= 0.6 is 0 Å². The van der Waals surface area contributed by atoms with Crippen LogP contribution < -0.4 is 10.5 Å². The maximum absolute atomic E-state index is 12.8. The molecule has 1 atom stereocenters. The van der Waals surface area contributed by atoms with E-state index in [1.165, 1.54) is 24.3 Å². The van der Waals surface area contributed by atoms with Crippen molar-refractivity contribution in [3.05, 3.63) is 30.1 Å². The summed E-state index contributed by atoms with van der Waals surface area (Å²) >= 11 is 0. The van der Waals surface area contributed by atoms with Gasteiger partial charge >= 0.3 is 0 Å². The molecule has 120 valence electrons. The molecule has 0 radical (unpaired) electrons. The van der Waals surface area contributed by atoms with E-state index in [-0.39, 0.29) is 24.2 Å². The maximum atomic E-state index is 12.8. The number of benzene rings is 1. The first-order valence-electron chi connectivity index (χ1n) is 7.18. The van der Waals surface area contributed by atoms with Crippen molar-refractivity contribution in [2.24, 2.45) is 5.73 Å². The average Bonchev–Trinajstić information content (AvgIpc) is 2.53. The molecule has 1 fully saturated rings. The number of rotatable bonds is 4. The topological polar surface area (TPSA) is 75.9 Å². The zero-order chi connectivity index (χ0) is 16.1. The molecule has 1 aromatic carbocycles. The van der Waals surface area contributed by atoms with Gasteiger partial charge in [-0.25, -0.2) is 4.39 Å². The molecule has 0 aliphatic carbocycles. The molecular weight excluding hydrogens is 289 g/mol. The van der Waals surface area contributed by atoms with Crippen molar-refractivity contribution >= 4 is 11.8 Å². The molecule has 1 aliphatic heterocycles. The Morgan fingerprint density at radius 1 is 1.18 bits per heavy atom. The van der Waals surface area contributed by atoms with Crippen LogP contribution in [0.1, 0.15) is 6.92 Å². The number of nitrogens with two attached hydrogens (primary N) is 1. The third-order valence-electron chi connectivity index (χ3n) is 3.51. The summed E-state index contributed by atoms with van der Waals surface area (Å²) in [6, 6.07) is 4.98. The summed E-state index contributed by atoms with van der Waals surface area (Å²) in [6.07, 6.45) is 0. The molecule has 1 aromatic rings. The van der Waals surface area contributed by atoms with Gasteiger partial charge in [-0.15, -0.1) is 0 Å². The summed E-state index contributed by atoms with van der Waals surface area (Å²) in [5, 5.41) is 0. The molecule has 2 amide bonds. The Kier molecular flexibility index (Phi) is 5.32. The van der Waals surface area contributed by atoms with Gasteiger partial charge in [0, 0.05) is 26.2 Å². The van der Waals surface area contributed by atoms with Gasteiger partial charge in [0.2, 0.25) is 5.91 Å². The van der Waals surface area contributed by atoms with E-state index in [1.54, 1.807) is 16.7 Å². The van der Waals surface area contributed by atoms with Crippen LogP contribution in [0.2, 0.25) is 0 Å². The maximum Gasteiger partial charge on any atom is 0.260 e. The number of halogens is 1. The second kappa shape index (κ2) is 7.22. The summed E-state index contributed by atoms with van der Waals surface area (Å²) in [4.78, 5) is 27.1. The Balaban J connectivity index is 1.77. The SMILES string of the molecule is C[C@H](N)C(=O)N1CCN(C(=O)COc2ccc(F)cc2)CC1. The van der Waals surface area contributed by atoms with Crippen molar-refractivity contribution in [1.29, 1.82) is 0 Å². The Morgan fingerprint density at radius 3 is 2.27 bits per heavy atom. The smallest absolute Gasteiger partial charge is 0.260 e. The predicted molar refractivity (Wildman–Crippen MR) is 78.7 cm³/mol. The fourth-order valence-corrected chi connectivity index (χ4v) is 2.23. The summed E-state index contributed by atoms with van der Waals surface area (Å²) in [5.74, 6) is -0.166. The standard InChI is InChI=1S/C15H20FN3O3/c1-11(17)15(21)19-8-6-18(7-9-19)14(20)10-22-13-4-2-12(16)3-5-13/h2-5,11H,6-10,17H2,1H3/t11-/m0/s1. The van der Waals surface area contributed by atoms with Gasteiger partial charge in [-0.2, -0.15) is 0 Å². The summed E-state index contributed by atoms with van der Waals surface area (Å²) in [5.41, 5.74) is 5.57. The lowest BCUT2D eigenvalue weighted by molar-refractivity contribution is -0.141. The van der Waals surface area contributed by atoms with E-state index in [0.717, 1.165) is 0 Å². The monoisotopic (exact) mass is 309 g/mol. The van der Waals surface area contributed by atoms with Crippen LogP contribution in [0.4, 0.5) is 4.39 Å². The van der Waals surface area contributed by atoms with Crippen molar-refractivity contribution in [2.45, 2.75) is 13.0 Å². The van der Waals surface area contributed by atoms with Gasteiger partial charge in [0.1, 0.15) is 11.6 Å². The number of piperazine rings is 1. The largest absolute Gasteiger partial charge is 0.484 e. The van der Waals surface area contributed by atoms with Gasteiger partial charge in [0.05, 0.1) is 6.04 Å². The second-order valence-electron chi connectivity index (χ2n) is 5.24. The zero-order valence-corrected chi connectivity index (χ0v) is 12.5. The molecular formula is C15H20FN3O3. The lowest BCUT2D eigenvalue weighted by Gasteiger charge is -2.35. The molecule has 2 N–H and O–H groups in total. The highest BCUT2D eigenvalue weighted by Gasteiger charge is 2.25. The first-order chi connectivity index (χ1) is 10.5. The van der Waals surface area contributed by atoms with Gasteiger partial charge in [0.25, 0.3) is 5.91 Å². The number of hydrogen-bond donors (Lipinski definition) is 1. The van der Waals surface area contributed by atoms with Crippen LogP contribution in [-0.2, 0) is 9.59 Å². The van der Waals surface area contributed by atoms with Crippen molar-refractivity contribution < 1.29 is 18.7 Å². The van der Waals surface area contributed by atoms with E-state index >= 15 is 0 Å². The van der Waals surface area contributed by atoms with E-state index in [4.69, 9.17) is 10.5 Å². The molecule has 0 saturated carbocycles. The minimum Gasteiger partial charge on any atom is -0.484 e. The molecule has 1 heterocycles. The van der Waals surface area contributed by atoms with Crippen LogP contribution in [-0.4, -0.2) is 60.4 Å². The Bertz CT molecular complexity index is 525. The second-order valence-corrected chi connectivity index (χ2v) is 5.24. The van der Waals surface area contributed by atoms with Crippen molar-refractivity contribution in [3.8, 4) is 5.75 Å². The van der Waals surface area contributed by atoms with Gasteiger partial charge in [0.15, 0.2) is 6.61 Å². The number of ether oxygens (including phenoxy) is 1. The summed E-state index contributed by atoms with van der Waals surface area (Å²) < 4.78 is 18.1. The summed E-state index contributed by atoms with van der Waals surface area (Å²) in [7, 11) is 0. The lowest BCUT2D eigenvalue weighted by atomic mass is 10.2. The molecule has 0 bridgehead atoms. The first-order valence-corrected chi connectivity index (χ1v) is 7.18. The van der Waals surface area contributed by atoms with Gasteiger partial charge in [-0.05, 0) is 31.2 Å². The number of amides is 2. The Morgan fingerprint density at radius 2 is 1.73 bits per heavy atom. The van der Waals surface area contributed by atoms with Crippen LogP contribution in [0.25, 0.3) is 0 Å². The molecule has 22 heavy (non-hydrogen) atoms. The number of hydrogen-bond acceptors (Lipinski definition) is 4. The minimum absolute atomic E-state index is 0.102. The molecule has 0 unspecified atom stereocenters. The molecule has 1 aliphatic rings. The van der Waals surface area contributed by atoms with E-state index in [2.05, 4.69) is 0 Å². The van der Waals surface area contributed by atoms with Crippen LogP contribution in [0.5, 0.6) is 5.75 Å². The highest BCUT2D eigenvalue weighted by molar-refractivity contribution is 5.82. The first kappa shape index (κ1) is 16.2. The number of carbonyl (C=O) groups is 2. The lowest BCUT2D eigenvalue weighted by Crippen LogP contribution is -2.54. The zero-order valence-electron chi connectivity index (χ0n) is 12.5. The highest BCUT2D eigenvalue weighted by atomic mass is 19.1. The third kappa shape index (κ3) is 4.17. The summed E-state index contributed by atoms with van der Waals surface area (Å²) in [6.45, 7) is 3.42. The van der Waals surface area contributed by atoms with Crippen LogP contribution in [0.15, 0.2) is 24.3 Å². The molecule has 2 rings (SSSR count). The quantitative estimate of drug-likeness (QED) is 0.863. The minimum atomic E-state index is -0.524. The number of nitrogens with zero attached hydrogens (tertiary/aromatic N) is 2. The Hall–Kier alpha value is -2.15. The Labute approximate surface area is 128 Å². The molecule has 0 spiro atoms. The average molecular weight is 309 g/mol. The number of carbonyl (C=O) groups excluding carboxylic acids is 2. The molecule has 0 aromatic heterocycles. The normalized spacial score (nSPS) is 16.3. The van der Waals surface area contributed by atoms with Crippen LogP contribution in [0.3, 0.4) is 0 Å². The van der Waals surface area contributed by atoms with E-state index in [9.17, 15) is 14.0 Å². The predicted octanol–water partition coefficient (Wildman–Crippen LogP) is 0.223. The van der Waals surface area contributed by atoms with E-state index in [0.29, 0.717) is 31.9 Å². The van der Waals surface area contributed by atoms with E-state index < -0.39 is 6.04 Å². The molecule has 7 heteroatoms.